The minimum Gasteiger partial charge on any atom is -0.281 e. The molecule has 4 heteroatoms. The summed E-state index contributed by atoms with van der Waals surface area (Å²) in [7, 11) is 0. The average Bonchev–Trinajstić information content (AvgIpc) is 1.63. The van der Waals surface area contributed by atoms with Gasteiger partial charge in [-0.15, -0.1) is 0 Å². The molecule has 0 fully saturated rings. The highest BCUT2D eigenvalue weighted by atomic mass is 35.5. The van der Waals surface area contributed by atoms with Crippen molar-refractivity contribution in [2.24, 2.45) is 0 Å². The van der Waals surface area contributed by atoms with E-state index in [9.17, 15) is 4.79 Å². The van der Waals surface area contributed by atoms with Gasteiger partial charge in [-0.25, -0.2) is 0 Å². The van der Waals surface area contributed by atoms with E-state index in [2.05, 4.69) is 0 Å². The van der Waals surface area contributed by atoms with E-state index in [1.807, 2.05) is 0 Å². The monoisotopic (exact) mass is 186 g/mol. The number of rotatable bonds is 3. The first-order valence-corrected chi connectivity index (χ1v) is 3.46. The van der Waals surface area contributed by atoms with Crippen molar-refractivity contribution in [1.82, 2.24) is 0 Å². The van der Waals surface area contributed by atoms with Crippen LogP contribution in [0.3, 0.4) is 0 Å². The third kappa shape index (κ3) is 8.28. The number of hydrogen-bond acceptors (Lipinski definition) is 1. The SMILES string of the molecule is O=C(Cl)CCC=C(Cl)Cl. The molecule has 0 aromatic rings. The zero-order chi connectivity index (χ0) is 7.28. The molecule has 0 aromatic carbocycles. The van der Waals surface area contributed by atoms with Gasteiger partial charge in [0.05, 0.1) is 0 Å². The molecule has 0 amide bonds. The first kappa shape index (κ1) is 9.28. The summed E-state index contributed by atoms with van der Waals surface area (Å²) in [5, 5.41) is -0.374. The molecule has 0 saturated carbocycles. The molecule has 0 rings (SSSR count). The van der Waals surface area contributed by atoms with Gasteiger partial charge in [0.1, 0.15) is 4.49 Å². The summed E-state index contributed by atoms with van der Waals surface area (Å²) in [5.41, 5.74) is 0. The lowest BCUT2D eigenvalue weighted by molar-refractivity contribution is -0.111. The second-order valence-corrected chi connectivity index (χ2v) is 2.82. The molecule has 0 aromatic heterocycles. The highest BCUT2D eigenvalue weighted by Crippen LogP contribution is 2.08. The van der Waals surface area contributed by atoms with E-state index in [4.69, 9.17) is 34.8 Å². The molecular weight excluding hydrogens is 182 g/mol. The number of hydrogen-bond donors (Lipinski definition) is 0. The normalized spacial score (nSPS) is 8.78. The van der Waals surface area contributed by atoms with Gasteiger partial charge in [-0.2, -0.15) is 0 Å². The Hall–Kier alpha value is 0.280. The summed E-state index contributed by atoms with van der Waals surface area (Å²) in [6, 6.07) is 0. The van der Waals surface area contributed by atoms with E-state index in [0.29, 0.717) is 6.42 Å². The zero-order valence-corrected chi connectivity index (χ0v) is 6.80. The summed E-state index contributed by atoms with van der Waals surface area (Å²) in [5.74, 6) is 0. The second-order valence-electron chi connectivity index (χ2n) is 1.39. The molecule has 0 atom stereocenters. The maximum Gasteiger partial charge on any atom is 0.221 e. The fourth-order valence-corrected chi connectivity index (χ4v) is 0.622. The molecule has 0 bridgehead atoms. The molecule has 1 nitrogen and oxygen atoms in total. The van der Waals surface area contributed by atoms with Crippen LogP contribution in [-0.2, 0) is 4.79 Å². The number of carbonyl (C=O) groups is 1. The van der Waals surface area contributed by atoms with E-state index >= 15 is 0 Å². The van der Waals surface area contributed by atoms with Crippen LogP contribution < -0.4 is 0 Å². The summed E-state index contributed by atoms with van der Waals surface area (Å²) >= 11 is 15.5. The minimum absolute atomic E-state index is 0.174. The quantitative estimate of drug-likeness (QED) is 0.621. The molecule has 0 radical (unpaired) electrons. The van der Waals surface area contributed by atoms with Crippen molar-refractivity contribution < 1.29 is 4.79 Å². The summed E-state index contributed by atoms with van der Waals surface area (Å²) in [6.07, 6.45) is 2.32. The fourth-order valence-electron chi connectivity index (χ4n) is 0.295. The second kappa shape index (κ2) is 5.10. The summed E-state index contributed by atoms with van der Waals surface area (Å²) in [4.78, 5) is 10.1. The van der Waals surface area contributed by atoms with Crippen LogP contribution in [0.5, 0.6) is 0 Å². The third-order valence-corrected chi connectivity index (χ3v) is 1.14. The lowest BCUT2D eigenvalue weighted by Gasteiger charge is -1.84. The highest BCUT2D eigenvalue weighted by molar-refractivity contribution is 6.63. The van der Waals surface area contributed by atoms with Crippen LogP contribution in [0.4, 0.5) is 0 Å². The van der Waals surface area contributed by atoms with Crippen LogP contribution in [-0.4, -0.2) is 5.24 Å². The topological polar surface area (TPSA) is 17.1 Å². The van der Waals surface area contributed by atoms with Crippen molar-refractivity contribution in [1.29, 1.82) is 0 Å². The summed E-state index contributed by atoms with van der Waals surface area (Å²) in [6.45, 7) is 0. The van der Waals surface area contributed by atoms with E-state index in [1.165, 1.54) is 6.08 Å². The Bertz CT molecular complexity index is 126. The predicted octanol–water partition coefficient (Wildman–Crippen LogP) is 2.85. The van der Waals surface area contributed by atoms with Crippen LogP contribution >= 0.6 is 34.8 Å². The molecule has 9 heavy (non-hydrogen) atoms. The van der Waals surface area contributed by atoms with Gasteiger partial charge in [0.2, 0.25) is 5.24 Å². The van der Waals surface area contributed by atoms with Crippen molar-refractivity contribution in [2.45, 2.75) is 12.8 Å². The molecule has 52 valence electrons. The van der Waals surface area contributed by atoms with E-state index in [1.54, 1.807) is 0 Å². The van der Waals surface area contributed by atoms with Crippen LogP contribution in [0.25, 0.3) is 0 Å². The molecule has 0 aliphatic rings. The van der Waals surface area contributed by atoms with Crippen molar-refractivity contribution in [2.75, 3.05) is 0 Å². The van der Waals surface area contributed by atoms with Gasteiger partial charge < -0.3 is 0 Å². The Morgan fingerprint density at radius 1 is 1.33 bits per heavy atom. The van der Waals surface area contributed by atoms with Crippen molar-refractivity contribution in [3.05, 3.63) is 10.6 Å². The molecule has 0 N–H and O–H groups in total. The van der Waals surface area contributed by atoms with Crippen LogP contribution in [0, 0.1) is 0 Å². The maximum absolute atomic E-state index is 10.1. The Labute approximate surface area is 68.6 Å². The molecule has 0 unspecified atom stereocenters. The van der Waals surface area contributed by atoms with E-state index < -0.39 is 0 Å². The van der Waals surface area contributed by atoms with Gasteiger partial charge in [0.25, 0.3) is 0 Å². The number of carbonyl (C=O) groups excluding carboxylic acids is 1. The van der Waals surface area contributed by atoms with E-state index in [-0.39, 0.29) is 16.2 Å². The number of allylic oxidation sites excluding steroid dienone is 1. The molecular formula is C5H5Cl3O. The van der Waals surface area contributed by atoms with Gasteiger partial charge >= 0.3 is 0 Å². The fraction of sp³-hybridized carbons (Fsp3) is 0.400. The standard InChI is InChI=1S/C5H5Cl3O/c6-4(7)2-1-3-5(8)9/h2H,1,3H2. The Morgan fingerprint density at radius 2 is 1.89 bits per heavy atom. The minimum atomic E-state index is -0.374. The average molecular weight is 187 g/mol. The van der Waals surface area contributed by atoms with Crippen LogP contribution in [0.1, 0.15) is 12.8 Å². The third-order valence-electron chi connectivity index (χ3n) is 0.640. The smallest absolute Gasteiger partial charge is 0.221 e. The van der Waals surface area contributed by atoms with Gasteiger partial charge in [-0.1, -0.05) is 29.3 Å². The van der Waals surface area contributed by atoms with Crippen LogP contribution in [0.15, 0.2) is 10.6 Å². The van der Waals surface area contributed by atoms with Gasteiger partial charge in [-0.3, -0.25) is 4.79 Å². The first-order valence-electron chi connectivity index (χ1n) is 2.32. The summed E-state index contributed by atoms with van der Waals surface area (Å²) < 4.78 is 0.174. The van der Waals surface area contributed by atoms with Crippen LogP contribution in [0.2, 0.25) is 0 Å². The van der Waals surface area contributed by atoms with Gasteiger partial charge in [0.15, 0.2) is 0 Å². The highest BCUT2D eigenvalue weighted by Gasteiger charge is 1.92. The lowest BCUT2D eigenvalue weighted by atomic mass is 10.3. The van der Waals surface area contributed by atoms with Crippen molar-refractivity contribution >= 4 is 40.0 Å². The predicted molar refractivity (Wildman–Crippen MR) is 39.9 cm³/mol. The Balaban J connectivity index is 3.31. The van der Waals surface area contributed by atoms with Crippen molar-refractivity contribution in [3.8, 4) is 0 Å². The maximum atomic E-state index is 10.1. The van der Waals surface area contributed by atoms with Crippen molar-refractivity contribution in [3.63, 3.8) is 0 Å². The Kier molecular flexibility index (Phi) is 5.25. The van der Waals surface area contributed by atoms with E-state index in [0.717, 1.165) is 0 Å². The molecule has 0 heterocycles. The molecule has 0 aliphatic carbocycles. The number of halogens is 3. The van der Waals surface area contributed by atoms with Gasteiger partial charge in [-0.05, 0) is 18.0 Å². The lowest BCUT2D eigenvalue weighted by Crippen LogP contribution is -1.81. The Morgan fingerprint density at radius 3 is 2.22 bits per heavy atom. The molecule has 0 aliphatic heterocycles. The molecule has 0 saturated heterocycles. The largest absolute Gasteiger partial charge is 0.281 e. The van der Waals surface area contributed by atoms with Gasteiger partial charge in [0, 0.05) is 6.42 Å². The molecule has 0 spiro atoms. The first-order chi connectivity index (χ1) is 4.13. The zero-order valence-electron chi connectivity index (χ0n) is 4.53.